The molecule has 0 spiro atoms. The largest absolute Gasteiger partial charge is 0.325 e. The van der Waals surface area contributed by atoms with Gasteiger partial charge in [0.1, 0.15) is 5.82 Å². The van der Waals surface area contributed by atoms with Gasteiger partial charge >= 0.3 is 0 Å². The third-order valence-electron chi connectivity index (χ3n) is 5.36. The Morgan fingerprint density at radius 1 is 1.16 bits per heavy atom. The Morgan fingerprint density at radius 2 is 1.77 bits per heavy atom. The van der Waals surface area contributed by atoms with Gasteiger partial charge < -0.3 is 5.32 Å². The first-order valence-electron chi connectivity index (χ1n) is 9.92. The van der Waals surface area contributed by atoms with E-state index < -0.39 is 10.0 Å². The van der Waals surface area contributed by atoms with Gasteiger partial charge in [0.25, 0.3) is 0 Å². The van der Waals surface area contributed by atoms with Crippen LogP contribution in [0.5, 0.6) is 0 Å². The van der Waals surface area contributed by atoms with Crippen LogP contribution in [0.4, 0.5) is 15.8 Å². The minimum Gasteiger partial charge on any atom is -0.325 e. The number of sulfonamides is 1. The average Bonchev–Trinajstić information content (AvgIpc) is 2.70. The Balaban J connectivity index is 1.68. The number of nitrogens with zero attached hydrogens (tertiary/aromatic N) is 3. The summed E-state index contributed by atoms with van der Waals surface area (Å²) in [6.07, 6.45) is 0. The SMILES string of the molecule is [C-]#[N+]c1ccc(S(=O)(=O)N2C(C)CN(CC(=O)Nc3cccc(F)c3C)CC2C)cc1. The highest BCUT2D eigenvalue weighted by atomic mass is 32.2. The monoisotopic (exact) mass is 444 g/mol. The highest BCUT2D eigenvalue weighted by Crippen LogP contribution is 2.27. The first-order valence-corrected chi connectivity index (χ1v) is 11.4. The zero-order valence-electron chi connectivity index (χ0n) is 17.7. The van der Waals surface area contributed by atoms with E-state index in [2.05, 4.69) is 10.2 Å². The lowest BCUT2D eigenvalue weighted by molar-refractivity contribution is -0.118. The van der Waals surface area contributed by atoms with E-state index in [0.29, 0.717) is 30.0 Å². The number of hydrogen-bond acceptors (Lipinski definition) is 4. The van der Waals surface area contributed by atoms with Crippen LogP contribution in [-0.2, 0) is 14.8 Å². The van der Waals surface area contributed by atoms with E-state index in [1.54, 1.807) is 13.0 Å². The Hall–Kier alpha value is -2.80. The van der Waals surface area contributed by atoms with Crippen LogP contribution in [0.2, 0.25) is 0 Å². The number of anilines is 1. The van der Waals surface area contributed by atoms with Gasteiger partial charge in [-0.2, -0.15) is 4.31 Å². The molecule has 0 saturated carbocycles. The molecule has 31 heavy (non-hydrogen) atoms. The van der Waals surface area contributed by atoms with Crippen LogP contribution in [0, 0.1) is 19.3 Å². The van der Waals surface area contributed by atoms with Crippen molar-refractivity contribution in [3.8, 4) is 0 Å². The van der Waals surface area contributed by atoms with Crippen LogP contribution in [0.15, 0.2) is 47.4 Å². The molecule has 2 aromatic carbocycles. The predicted octanol–water partition coefficient (Wildman–Crippen LogP) is 3.41. The lowest BCUT2D eigenvalue weighted by Crippen LogP contribution is -2.59. The van der Waals surface area contributed by atoms with Gasteiger partial charge in [0.05, 0.1) is 18.0 Å². The summed E-state index contributed by atoms with van der Waals surface area (Å²) in [7, 11) is -3.73. The van der Waals surface area contributed by atoms with E-state index in [1.807, 2.05) is 18.7 Å². The molecule has 0 radical (unpaired) electrons. The van der Waals surface area contributed by atoms with Crippen molar-refractivity contribution in [2.45, 2.75) is 37.8 Å². The lowest BCUT2D eigenvalue weighted by atomic mass is 10.1. The van der Waals surface area contributed by atoms with Crippen molar-refractivity contribution in [3.05, 3.63) is 65.3 Å². The molecule has 2 unspecified atom stereocenters. The second-order valence-corrected chi connectivity index (χ2v) is 9.64. The normalized spacial score (nSPS) is 20.2. The molecule has 1 fully saturated rings. The van der Waals surface area contributed by atoms with E-state index in [9.17, 15) is 17.6 Å². The first kappa shape index (κ1) is 22.9. The van der Waals surface area contributed by atoms with Crippen molar-refractivity contribution in [1.29, 1.82) is 0 Å². The zero-order valence-corrected chi connectivity index (χ0v) is 18.5. The smallest absolute Gasteiger partial charge is 0.243 e. The topological polar surface area (TPSA) is 74.1 Å². The number of benzene rings is 2. The van der Waals surface area contributed by atoms with Crippen LogP contribution in [0.3, 0.4) is 0 Å². The van der Waals surface area contributed by atoms with Crippen molar-refractivity contribution in [1.82, 2.24) is 9.21 Å². The molecular formula is C22H25FN4O3S. The molecule has 9 heteroatoms. The molecule has 2 aromatic rings. The summed E-state index contributed by atoms with van der Waals surface area (Å²) in [4.78, 5) is 17.8. The summed E-state index contributed by atoms with van der Waals surface area (Å²) in [5, 5.41) is 2.73. The molecule has 0 aliphatic carbocycles. The number of carbonyl (C=O) groups excluding carboxylic acids is 1. The second kappa shape index (κ2) is 9.14. The van der Waals surface area contributed by atoms with E-state index >= 15 is 0 Å². The van der Waals surface area contributed by atoms with Crippen LogP contribution < -0.4 is 5.32 Å². The molecular weight excluding hydrogens is 419 g/mol. The number of rotatable bonds is 5. The van der Waals surface area contributed by atoms with Gasteiger partial charge in [-0.3, -0.25) is 9.69 Å². The van der Waals surface area contributed by atoms with Gasteiger partial charge in [0, 0.05) is 36.4 Å². The van der Waals surface area contributed by atoms with Gasteiger partial charge in [0.2, 0.25) is 15.9 Å². The zero-order chi connectivity index (χ0) is 22.8. The van der Waals surface area contributed by atoms with Gasteiger partial charge in [-0.15, -0.1) is 0 Å². The maximum atomic E-state index is 13.7. The Morgan fingerprint density at radius 3 is 2.35 bits per heavy atom. The number of halogens is 1. The van der Waals surface area contributed by atoms with Crippen LogP contribution >= 0.6 is 0 Å². The van der Waals surface area contributed by atoms with Gasteiger partial charge in [-0.05, 0) is 32.9 Å². The summed E-state index contributed by atoms with van der Waals surface area (Å²) in [6, 6.07) is 9.70. The minimum absolute atomic E-state index is 0.0816. The van der Waals surface area contributed by atoms with Gasteiger partial charge in [0.15, 0.2) is 5.69 Å². The third kappa shape index (κ3) is 4.93. The molecule has 1 amide bonds. The van der Waals surface area contributed by atoms with E-state index in [0.717, 1.165) is 0 Å². The number of piperazine rings is 1. The molecule has 1 saturated heterocycles. The molecule has 1 N–H and O–H groups in total. The quantitative estimate of drug-likeness (QED) is 0.718. The van der Waals surface area contributed by atoms with Crippen LogP contribution in [-0.4, -0.2) is 55.2 Å². The summed E-state index contributed by atoms with van der Waals surface area (Å²) in [6.45, 7) is 13.1. The summed E-state index contributed by atoms with van der Waals surface area (Å²) >= 11 is 0. The highest BCUT2D eigenvalue weighted by Gasteiger charge is 2.38. The van der Waals surface area contributed by atoms with Crippen molar-refractivity contribution in [2.75, 3.05) is 25.0 Å². The fourth-order valence-electron chi connectivity index (χ4n) is 3.97. The van der Waals surface area contributed by atoms with Crippen molar-refractivity contribution in [3.63, 3.8) is 0 Å². The van der Waals surface area contributed by atoms with Crippen LogP contribution in [0.1, 0.15) is 19.4 Å². The molecule has 0 aromatic heterocycles. The third-order valence-corrected chi connectivity index (χ3v) is 7.51. The standard InChI is InChI=1S/C22H25FN4O3S/c1-15-12-26(14-22(28)25-21-7-5-6-20(23)17(21)3)13-16(2)27(15)31(29,30)19-10-8-18(24-4)9-11-19/h5-11,15-16H,12-14H2,1-3H3,(H,25,28). The summed E-state index contributed by atoms with van der Waals surface area (Å²) in [5.41, 5.74) is 1.18. The van der Waals surface area contributed by atoms with E-state index in [1.165, 1.54) is 40.7 Å². The fourth-order valence-corrected chi connectivity index (χ4v) is 5.77. The number of hydrogen-bond donors (Lipinski definition) is 1. The number of nitrogens with one attached hydrogen (secondary N) is 1. The first-order chi connectivity index (χ1) is 14.6. The van der Waals surface area contributed by atoms with E-state index in [-0.39, 0.29) is 35.2 Å². The predicted molar refractivity (Wildman–Crippen MR) is 117 cm³/mol. The maximum absolute atomic E-state index is 13.7. The molecule has 2 atom stereocenters. The lowest BCUT2D eigenvalue weighted by Gasteiger charge is -2.43. The molecule has 0 bridgehead atoms. The van der Waals surface area contributed by atoms with Gasteiger partial charge in [-0.1, -0.05) is 30.3 Å². The average molecular weight is 445 g/mol. The molecule has 3 rings (SSSR count). The van der Waals surface area contributed by atoms with Crippen molar-refractivity contribution < 1.29 is 17.6 Å². The number of amides is 1. The van der Waals surface area contributed by atoms with Crippen molar-refractivity contribution >= 4 is 27.3 Å². The fraction of sp³-hybridized carbons (Fsp3) is 0.364. The Bertz CT molecular complexity index is 1100. The van der Waals surface area contributed by atoms with E-state index in [4.69, 9.17) is 6.57 Å². The molecule has 1 aliphatic rings. The summed E-state index contributed by atoms with van der Waals surface area (Å²) in [5.74, 6) is -0.664. The molecule has 164 valence electrons. The molecule has 1 heterocycles. The van der Waals surface area contributed by atoms with Crippen LogP contribution in [0.25, 0.3) is 4.85 Å². The molecule has 7 nitrogen and oxygen atoms in total. The number of carbonyl (C=O) groups is 1. The maximum Gasteiger partial charge on any atom is 0.243 e. The Kier molecular flexibility index (Phi) is 6.74. The Labute approximate surface area is 182 Å². The molecule has 1 aliphatic heterocycles. The summed E-state index contributed by atoms with van der Waals surface area (Å²) < 4.78 is 41.5. The van der Waals surface area contributed by atoms with Crippen molar-refractivity contribution in [2.24, 2.45) is 0 Å². The van der Waals surface area contributed by atoms with Gasteiger partial charge in [-0.25, -0.2) is 17.7 Å². The minimum atomic E-state index is -3.73. The highest BCUT2D eigenvalue weighted by molar-refractivity contribution is 7.89. The second-order valence-electron chi connectivity index (χ2n) is 7.79.